The normalized spacial score (nSPS) is 18.4. The number of likely N-dealkylation sites (tertiary alicyclic amines) is 1. The van der Waals surface area contributed by atoms with Crippen molar-refractivity contribution in [3.8, 4) is 5.75 Å². The molecule has 4 rings (SSSR count). The van der Waals surface area contributed by atoms with Gasteiger partial charge in [0.15, 0.2) is 0 Å². The van der Waals surface area contributed by atoms with E-state index in [0.29, 0.717) is 22.9 Å². The van der Waals surface area contributed by atoms with Crippen LogP contribution in [0.25, 0.3) is 0 Å². The van der Waals surface area contributed by atoms with Crippen LogP contribution in [0.4, 0.5) is 10.5 Å². The topological polar surface area (TPSA) is 93.2 Å². The monoisotopic (exact) mass is 450 g/mol. The summed E-state index contributed by atoms with van der Waals surface area (Å²) in [6.45, 7) is 5.35. The minimum absolute atomic E-state index is 0.0347. The first kappa shape index (κ1) is 22.5. The number of nitrogens with zero attached hydrogens (tertiary/aromatic N) is 2. The second-order valence-electron chi connectivity index (χ2n) is 9.11. The molecule has 0 radical (unpaired) electrons. The van der Waals surface area contributed by atoms with Crippen LogP contribution in [0.3, 0.4) is 0 Å². The summed E-state index contributed by atoms with van der Waals surface area (Å²) in [6.07, 6.45) is -0.789. The second kappa shape index (κ2) is 8.69. The van der Waals surface area contributed by atoms with Crippen LogP contribution in [-0.4, -0.2) is 40.4 Å². The number of hydrogen-bond donors (Lipinski definition) is 0. The molecule has 4 amide bonds. The zero-order valence-corrected chi connectivity index (χ0v) is 18.9. The fourth-order valence-electron chi connectivity index (χ4n) is 4.00. The van der Waals surface area contributed by atoms with Crippen molar-refractivity contribution in [3.05, 3.63) is 59.7 Å². The fourth-order valence-corrected chi connectivity index (χ4v) is 4.00. The van der Waals surface area contributed by atoms with Crippen LogP contribution in [0.2, 0.25) is 0 Å². The molecular weight excluding hydrogens is 424 g/mol. The number of ether oxygens (including phenoxy) is 2. The predicted octanol–water partition coefficient (Wildman–Crippen LogP) is 3.61. The maximum absolute atomic E-state index is 13.1. The highest BCUT2D eigenvalue weighted by atomic mass is 16.6. The third-order valence-electron chi connectivity index (χ3n) is 5.44. The van der Waals surface area contributed by atoms with Crippen molar-refractivity contribution in [2.24, 2.45) is 0 Å². The minimum atomic E-state index is -1.02. The fraction of sp³-hybridized carbons (Fsp3) is 0.360. The van der Waals surface area contributed by atoms with Crippen molar-refractivity contribution in [1.82, 2.24) is 4.90 Å². The van der Waals surface area contributed by atoms with Gasteiger partial charge in [0, 0.05) is 12.1 Å². The van der Waals surface area contributed by atoms with Crippen LogP contribution in [0.15, 0.2) is 48.5 Å². The Bertz CT molecular complexity index is 1110. The molecular formula is C25H26N2O6. The van der Waals surface area contributed by atoms with Gasteiger partial charge < -0.3 is 9.47 Å². The van der Waals surface area contributed by atoms with Crippen LogP contribution in [0, 0.1) is 0 Å². The van der Waals surface area contributed by atoms with Gasteiger partial charge in [0.1, 0.15) is 24.0 Å². The first-order chi connectivity index (χ1) is 15.6. The van der Waals surface area contributed by atoms with Crippen LogP contribution in [0.1, 0.15) is 44.7 Å². The Morgan fingerprint density at radius 2 is 1.76 bits per heavy atom. The first-order valence-electron chi connectivity index (χ1n) is 10.9. The highest BCUT2D eigenvalue weighted by molar-refractivity contribution is 6.16. The van der Waals surface area contributed by atoms with Crippen molar-refractivity contribution < 1.29 is 28.7 Å². The van der Waals surface area contributed by atoms with E-state index in [0.717, 1.165) is 11.1 Å². The molecule has 8 heteroatoms. The molecule has 0 aromatic heterocycles. The van der Waals surface area contributed by atoms with Crippen LogP contribution >= 0.6 is 0 Å². The van der Waals surface area contributed by atoms with Crippen molar-refractivity contribution in [1.29, 1.82) is 0 Å². The number of anilines is 1. The summed E-state index contributed by atoms with van der Waals surface area (Å²) in [6, 6.07) is 14.1. The summed E-state index contributed by atoms with van der Waals surface area (Å²) < 4.78 is 11.1. The Morgan fingerprint density at radius 3 is 2.45 bits per heavy atom. The second-order valence-corrected chi connectivity index (χ2v) is 9.11. The third kappa shape index (κ3) is 4.74. The quantitative estimate of drug-likeness (QED) is 0.661. The molecule has 1 atom stereocenters. The maximum atomic E-state index is 13.1. The van der Waals surface area contributed by atoms with E-state index in [1.54, 1.807) is 39.0 Å². The molecule has 2 aliphatic heterocycles. The molecule has 33 heavy (non-hydrogen) atoms. The zero-order chi connectivity index (χ0) is 23.8. The minimum Gasteiger partial charge on any atom is -0.489 e. The SMILES string of the molecule is CC(C)(C)OC(=O)N1C(=O)CCC(N2C(=O)Cc3cc(OCc4ccccc4)ccc32)C1=O. The molecule has 0 bridgehead atoms. The summed E-state index contributed by atoms with van der Waals surface area (Å²) in [5, 5.41) is 0. The summed E-state index contributed by atoms with van der Waals surface area (Å²) in [5.74, 6) is -1.01. The molecule has 1 saturated heterocycles. The molecule has 1 fully saturated rings. The van der Waals surface area contributed by atoms with Crippen molar-refractivity contribution >= 4 is 29.5 Å². The van der Waals surface area contributed by atoms with E-state index in [2.05, 4.69) is 0 Å². The molecule has 2 aromatic carbocycles. The van der Waals surface area contributed by atoms with Gasteiger partial charge in [-0.15, -0.1) is 0 Å². The number of carbonyl (C=O) groups excluding carboxylic acids is 4. The Kier molecular flexibility index (Phi) is 5.93. The summed E-state index contributed by atoms with van der Waals surface area (Å²) >= 11 is 0. The van der Waals surface area contributed by atoms with E-state index in [4.69, 9.17) is 9.47 Å². The highest BCUT2D eigenvalue weighted by Gasteiger charge is 2.46. The van der Waals surface area contributed by atoms with Crippen molar-refractivity contribution in [3.63, 3.8) is 0 Å². The van der Waals surface area contributed by atoms with E-state index in [1.165, 1.54) is 4.90 Å². The Balaban J connectivity index is 1.53. The van der Waals surface area contributed by atoms with E-state index in [9.17, 15) is 19.2 Å². The number of hydrogen-bond acceptors (Lipinski definition) is 6. The number of fused-ring (bicyclic) bond motifs is 1. The van der Waals surface area contributed by atoms with E-state index < -0.39 is 29.6 Å². The van der Waals surface area contributed by atoms with Crippen molar-refractivity contribution in [2.75, 3.05) is 4.90 Å². The lowest BCUT2D eigenvalue weighted by atomic mass is 10.0. The highest BCUT2D eigenvalue weighted by Crippen LogP contribution is 2.36. The lowest BCUT2D eigenvalue weighted by Crippen LogP contribution is -2.58. The molecule has 2 aliphatic rings. The smallest absolute Gasteiger partial charge is 0.424 e. The van der Waals surface area contributed by atoms with E-state index in [1.807, 2.05) is 30.3 Å². The molecule has 2 aromatic rings. The third-order valence-corrected chi connectivity index (χ3v) is 5.44. The number of amides is 4. The lowest BCUT2D eigenvalue weighted by molar-refractivity contribution is -0.148. The zero-order valence-electron chi connectivity index (χ0n) is 18.9. The van der Waals surface area contributed by atoms with Gasteiger partial charge in [-0.3, -0.25) is 19.3 Å². The molecule has 1 unspecified atom stereocenters. The molecule has 172 valence electrons. The van der Waals surface area contributed by atoms with Crippen LogP contribution in [0.5, 0.6) is 5.75 Å². The molecule has 2 heterocycles. The largest absolute Gasteiger partial charge is 0.489 e. The van der Waals surface area contributed by atoms with Crippen LogP contribution < -0.4 is 9.64 Å². The van der Waals surface area contributed by atoms with Gasteiger partial charge in [-0.1, -0.05) is 30.3 Å². The average molecular weight is 450 g/mol. The van der Waals surface area contributed by atoms with Gasteiger partial charge in [0.25, 0.3) is 5.91 Å². The van der Waals surface area contributed by atoms with Gasteiger partial charge in [0.05, 0.1) is 6.42 Å². The first-order valence-corrected chi connectivity index (χ1v) is 10.9. The summed E-state index contributed by atoms with van der Waals surface area (Å²) in [5.41, 5.74) is 1.48. The number of piperidine rings is 1. The number of benzene rings is 2. The Hall–Kier alpha value is -3.68. The number of imide groups is 3. The van der Waals surface area contributed by atoms with E-state index >= 15 is 0 Å². The standard InChI is InChI=1S/C25H26N2O6/c1-25(2,3)33-24(31)27-21(28)12-11-20(23(27)30)26-19-10-9-18(13-17(19)14-22(26)29)32-15-16-7-5-4-6-8-16/h4-10,13,20H,11-12,14-15H2,1-3H3. The lowest BCUT2D eigenvalue weighted by Gasteiger charge is -2.35. The van der Waals surface area contributed by atoms with Gasteiger partial charge in [-0.25, -0.2) is 4.79 Å². The predicted molar refractivity (Wildman–Crippen MR) is 120 cm³/mol. The van der Waals surface area contributed by atoms with Crippen molar-refractivity contribution in [2.45, 2.75) is 58.3 Å². The maximum Gasteiger partial charge on any atom is 0.424 e. The number of carbonyl (C=O) groups is 4. The summed E-state index contributed by atoms with van der Waals surface area (Å²) in [7, 11) is 0. The molecule has 0 saturated carbocycles. The van der Waals surface area contributed by atoms with Crippen LogP contribution in [-0.2, 0) is 32.1 Å². The average Bonchev–Trinajstić information content (AvgIpc) is 3.07. The molecule has 8 nitrogen and oxygen atoms in total. The van der Waals surface area contributed by atoms with Gasteiger partial charge >= 0.3 is 6.09 Å². The number of rotatable bonds is 4. The Morgan fingerprint density at radius 1 is 1.03 bits per heavy atom. The Labute approximate surface area is 192 Å². The molecule has 0 N–H and O–H groups in total. The molecule has 0 spiro atoms. The van der Waals surface area contributed by atoms with E-state index in [-0.39, 0.29) is 25.2 Å². The van der Waals surface area contributed by atoms with Gasteiger partial charge in [-0.05, 0) is 56.5 Å². The van der Waals surface area contributed by atoms with Gasteiger partial charge in [-0.2, -0.15) is 4.90 Å². The summed E-state index contributed by atoms with van der Waals surface area (Å²) in [4.78, 5) is 52.7. The van der Waals surface area contributed by atoms with Gasteiger partial charge in [0.2, 0.25) is 11.8 Å². The molecule has 0 aliphatic carbocycles.